The molecule has 0 bridgehead atoms. The number of nitrogens with one attached hydrogen (secondary N) is 1. The number of anilines is 1. The number of hydrogen-bond acceptors (Lipinski definition) is 2. The number of aryl methyl sites for hydroxylation is 1. The van der Waals surface area contributed by atoms with Crippen molar-refractivity contribution in [2.45, 2.75) is 13.0 Å². The van der Waals surface area contributed by atoms with E-state index in [1.165, 1.54) is 18.2 Å². The molecule has 2 aromatic carbocycles. The standard InChI is InChI=1S/C15H15F2NO/c1-10-7-11(5-6-14(10)17)15(19)9-18-13-4-2-3-12(16)8-13/h2-8,15,18-19H,9H2,1H3. The monoisotopic (exact) mass is 263 g/mol. The van der Waals surface area contributed by atoms with Crippen LogP contribution in [0.15, 0.2) is 42.5 Å². The van der Waals surface area contributed by atoms with E-state index in [2.05, 4.69) is 5.32 Å². The van der Waals surface area contributed by atoms with Crippen LogP contribution in [-0.2, 0) is 0 Å². The van der Waals surface area contributed by atoms with Gasteiger partial charge in [0.05, 0.1) is 6.10 Å². The highest BCUT2D eigenvalue weighted by atomic mass is 19.1. The zero-order valence-corrected chi connectivity index (χ0v) is 10.5. The Kier molecular flexibility index (Phi) is 4.12. The molecule has 0 amide bonds. The minimum atomic E-state index is -0.775. The van der Waals surface area contributed by atoms with Gasteiger partial charge in [-0.15, -0.1) is 0 Å². The Morgan fingerprint density at radius 3 is 2.63 bits per heavy atom. The third-order valence-electron chi connectivity index (χ3n) is 2.89. The largest absolute Gasteiger partial charge is 0.387 e. The lowest BCUT2D eigenvalue weighted by Crippen LogP contribution is -2.12. The van der Waals surface area contributed by atoms with Crippen LogP contribution < -0.4 is 5.32 Å². The first-order valence-electron chi connectivity index (χ1n) is 6.00. The second kappa shape index (κ2) is 5.80. The van der Waals surface area contributed by atoms with Gasteiger partial charge in [0.2, 0.25) is 0 Å². The second-order valence-electron chi connectivity index (χ2n) is 4.42. The van der Waals surface area contributed by atoms with Crippen molar-refractivity contribution in [2.24, 2.45) is 0 Å². The van der Waals surface area contributed by atoms with Crippen LogP contribution >= 0.6 is 0 Å². The quantitative estimate of drug-likeness (QED) is 0.886. The molecule has 0 radical (unpaired) electrons. The lowest BCUT2D eigenvalue weighted by molar-refractivity contribution is 0.191. The molecule has 4 heteroatoms. The van der Waals surface area contributed by atoms with Crippen molar-refractivity contribution in [1.82, 2.24) is 0 Å². The summed E-state index contributed by atoms with van der Waals surface area (Å²) in [6.45, 7) is 1.88. The average molecular weight is 263 g/mol. The molecule has 1 atom stereocenters. The van der Waals surface area contributed by atoms with Gasteiger partial charge in [-0.3, -0.25) is 0 Å². The smallest absolute Gasteiger partial charge is 0.126 e. The maximum Gasteiger partial charge on any atom is 0.126 e. The molecule has 0 spiro atoms. The Hall–Kier alpha value is -1.94. The van der Waals surface area contributed by atoms with Gasteiger partial charge in [-0.2, -0.15) is 0 Å². The number of hydrogen-bond donors (Lipinski definition) is 2. The van der Waals surface area contributed by atoms with Crippen molar-refractivity contribution < 1.29 is 13.9 Å². The minimum Gasteiger partial charge on any atom is -0.387 e. The molecule has 0 aromatic heterocycles. The van der Waals surface area contributed by atoms with Gasteiger partial charge in [0.1, 0.15) is 11.6 Å². The normalized spacial score (nSPS) is 12.2. The molecular formula is C15H15F2NO. The van der Waals surface area contributed by atoms with E-state index in [0.29, 0.717) is 16.8 Å². The molecule has 0 fully saturated rings. The van der Waals surface area contributed by atoms with Crippen molar-refractivity contribution >= 4 is 5.69 Å². The Morgan fingerprint density at radius 1 is 1.16 bits per heavy atom. The Morgan fingerprint density at radius 2 is 1.95 bits per heavy atom. The fourth-order valence-electron chi connectivity index (χ4n) is 1.81. The lowest BCUT2D eigenvalue weighted by Gasteiger charge is -2.14. The molecule has 2 nitrogen and oxygen atoms in total. The molecule has 2 aromatic rings. The van der Waals surface area contributed by atoms with Gasteiger partial charge in [-0.25, -0.2) is 8.78 Å². The molecule has 0 heterocycles. The highest BCUT2D eigenvalue weighted by Crippen LogP contribution is 2.18. The summed E-state index contributed by atoms with van der Waals surface area (Å²) in [4.78, 5) is 0. The van der Waals surface area contributed by atoms with E-state index in [9.17, 15) is 13.9 Å². The molecule has 0 aliphatic carbocycles. The summed E-state index contributed by atoms with van der Waals surface area (Å²) in [5.74, 6) is -0.633. The Labute approximate surface area is 110 Å². The molecule has 1 unspecified atom stereocenters. The fourth-order valence-corrected chi connectivity index (χ4v) is 1.81. The van der Waals surface area contributed by atoms with Crippen LogP contribution in [-0.4, -0.2) is 11.7 Å². The molecule has 0 saturated carbocycles. The van der Waals surface area contributed by atoms with Gasteiger partial charge in [0.25, 0.3) is 0 Å². The summed E-state index contributed by atoms with van der Waals surface area (Å²) in [5, 5.41) is 12.9. The topological polar surface area (TPSA) is 32.3 Å². The van der Waals surface area contributed by atoms with E-state index < -0.39 is 6.10 Å². The van der Waals surface area contributed by atoms with E-state index in [1.54, 1.807) is 31.2 Å². The molecule has 0 aliphatic heterocycles. The minimum absolute atomic E-state index is 0.231. The van der Waals surface area contributed by atoms with Gasteiger partial charge in [-0.1, -0.05) is 18.2 Å². The van der Waals surface area contributed by atoms with E-state index >= 15 is 0 Å². The predicted octanol–water partition coefficient (Wildman–Crippen LogP) is 3.42. The van der Waals surface area contributed by atoms with Gasteiger partial charge in [0, 0.05) is 12.2 Å². The summed E-state index contributed by atoms with van der Waals surface area (Å²) in [6, 6.07) is 10.5. The van der Waals surface area contributed by atoms with E-state index in [0.717, 1.165) is 0 Å². The van der Waals surface area contributed by atoms with Crippen molar-refractivity contribution in [3.8, 4) is 0 Å². The first-order chi connectivity index (χ1) is 9.06. The first kappa shape index (κ1) is 13.5. The van der Waals surface area contributed by atoms with Gasteiger partial charge >= 0.3 is 0 Å². The summed E-state index contributed by atoms with van der Waals surface area (Å²) >= 11 is 0. The Bertz CT molecular complexity index is 572. The van der Waals surface area contributed by atoms with Gasteiger partial charge in [0.15, 0.2) is 0 Å². The summed E-state index contributed by atoms with van der Waals surface area (Å²) < 4.78 is 26.1. The van der Waals surface area contributed by atoms with Crippen molar-refractivity contribution in [3.63, 3.8) is 0 Å². The van der Waals surface area contributed by atoms with E-state index in [-0.39, 0.29) is 18.2 Å². The van der Waals surface area contributed by atoms with Crippen LogP contribution in [0.4, 0.5) is 14.5 Å². The van der Waals surface area contributed by atoms with Crippen molar-refractivity contribution in [1.29, 1.82) is 0 Å². The molecular weight excluding hydrogens is 248 g/mol. The van der Waals surface area contributed by atoms with Crippen LogP contribution in [0.25, 0.3) is 0 Å². The molecule has 19 heavy (non-hydrogen) atoms. The Balaban J connectivity index is 2.01. The zero-order valence-electron chi connectivity index (χ0n) is 10.5. The fraction of sp³-hybridized carbons (Fsp3) is 0.200. The SMILES string of the molecule is Cc1cc(C(O)CNc2cccc(F)c2)ccc1F. The van der Waals surface area contributed by atoms with Gasteiger partial charge in [-0.05, 0) is 42.3 Å². The third kappa shape index (κ3) is 3.51. The van der Waals surface area contributed by atoms with Crippen LogP contribution in [0, 0.1) is 18.6 Å². The molecule has 0 saturated heterocycles. The number of halogens is 2. The second-order valence-corrected chi connectivity index (χ2v) is 4.42. The third-order valence-corrected chi connectivity index (χ3v) is 2.89. The number of aliphatic hydroxyl groups excluding tert-OH is 1. The number of rotatable bonds is 4. The number of benzene rings is 2. The predicted molar refractivity (Wildman–Crippen MR) is 71.0 cm³/mol. The first-order valence-corrected chi connectivity index (χ1v) is 6.00. The lowest BCUT2D eigenvalue weighted by atomic mass is 10.1. The summed E-state index contributed by atoms with van der Waals surface area (Å²) in [7, 11) is 0. The van der Waals surface area contributed by atoms with Crippen molar-refractivity contribution in [3.05, 3.63) is 65.2 Å². The maximum absolute atomic E-state index is 13.1. The molecule has 2 N–H and O–H groups in total. The van der Waals surface area contributed by atoms with E-state index in [1.807, 2.05) is 0 Å². The zero-order chi connectivity index (χ0) is 13.8. The van der Waals surface area contributed by atoms with Crippen LogP contribution in [0.1, 0.15) is 17.2 Å². The van der Waals surface area contributed by atoms with Crippen LogP contribution in [0.3, 0.4) is 0 Å². The maximum atomic E-state index is 13.1. The molecule has 100 valence electrons. The highest BCUT2D eigenvalue weighted by Gasteiger charge is 2.09. The average Bonchev–Trinajstić information content (AvgIpc) is 2.39. The molecule has 2 rings (SSSR count). The van der Waals surface area contributed by atoms with Gasteiger partial charge < -0.3 is 10.4 Å². The molecule has 0 aliphatic rings. The van der Waals surface area contributed by atoms with Crippen molar-refractivity contribution in [2.75, 3.05) is 11.9 Å². The van der Waals surface area contributed by atoms with Crippen LogP contribution in [0.2, 0.25) is 0 Å². The van der Waals surface area contributed by atoms with E-state index in [4.69, 9.17) is 0 Å². The summed E-state index contributed by atoms with van der Waals surface area (Å²) in [6.07, 6.45) is -0.775. The highest BCUT2D eigenvalue weighted by molar-refractivity contribution is 5.43. The van der Waals surface area contributed by atoms with Crippen LogP contribution in [0.5, 0.6) is 0 Å². The summed E-state index contributed by atoms with van der Waals surface area (Å²) in [5.41, 5.74) is 1.71. The number of aliphatic hydroxyl groups is 1.